The summed E-state index contributed by atoms with van der Waals surface area (Å²) in [4.78, 5) is 0.590. The van der Waals surface area contributed by atoms with E-state index in [9.17, 15) is 4.21 Å². The minimum Gasteiger partial charge on any atom is -0.495 e. The highest BCUT2D eigenvalue weighted by atomic mass is 32.2. The second kappa shape index (κ2) is 7.21. The van der Waals surface area contributed by atoms with Crippen molar-refractivity contribution in [3.8, 4) is 11.8 Å². The second-order valence-electron chi connectivity index (χ2n) is 4.68. The molecule has 0 aliphatic heterocycles. The smallest absolute Gasteiger partial charge is 0.137 e. The summed E-state index contributed by atoms with van der Waals surface area (Å²) in [5.74, 6) is 0.563. The van der Waals surface area contributed by atoms with E-state index in [0.29, 0.717) is 17.1 Å². The minimum absolute atomic E-state index is 0.431. The number of methoxy groups -OCH3 is 1. The van der Waals surface area contributed by atoms with Crippen LogP contribution in [0.2, 0.25) is 0 Å². The number of fused-ring (bicyclic) bond motifs is 1. The molecule has 0 saturated heterocycles. The normalized spacial score (nSPS) is 13.6. The van der Waals surface area contributed by atoms with Crippen molar-refractivity contribution in [2.45, 2.75) is 30.7 Å². The van der Waals surface area contributed by atoms with Crippen LogP contribution in [0.4, 0.5) is 0 Å². The third-order valence-corrected chi connectivity index (χ3v) is 4.52. The van der Waals surface area contributed by atoms with E-state index in [1.807, 2.05) is 37.3 Å². The Morgan fingerprint density at radius 2 is 2.10 bits per heavy atom. The van der Waals surface area contributed by atoms with Gasteiger partial charge in [-0.25, -0.2) is 8.93 Å². The zero-order valence-electron chi connectivity index (χ0n) is 12.1. The summed E-state index contributed by atoms with van der Waals surface area (Å²) in [6, 6.07) is 13.2. The Labute approximate surface area is 127 Å². The van der Waals surface area contributed by atoms with Gasteiger partial charge < -0.3 is 4.74 Å². The first-order valence-corrected chi connectivity index (χ1v) is 7.99. The van der Waals surface area contributed by atoms with Crippen LogP contribution in [0.15, 0.2) is 41.3 Å². The van der Waals surface area contributed by atoms with Gasteiger partial charge >= 0.3 is 0 Å². The Bertz CT molecular complexity index is 694. The van der Waals surface area contributed by atoms with E-state index in [1.165, 1.54) is 0 Å². The zero-order chi connectivity index (χ0) is 15.2. The number of nitriles is 1. The van der Waals surface area contributed by atoms with Crippen LogP contribution in [-0.2, 0) is 11.0 Å². The molecule has 0 amide bonds. The molecular weight excluding hydrogens is 284 g/mol. The predicted molar refractivity (Wildman–Crippen MR) is 84.4 cm³/mol. The van der Waals surface area contributed by atoms with Gasteiger partial charge in [-0.3, -0.25) is 0 Å². The van der Waals surface area contributed by atoms with Crippen LogP contribution in [-0.4, -0.2) is 17.4 Å². The van der Waals surface area contributed by atoms with E-state index < -0.39 is 17.0 Å². The molecule has 2 aromatic carbocycles. The third-order valence-electron chi connectivity index (χ3n) is 3.23. The molecule has 2 unspecified atom stereocenters. The van der Waals surface area contributed by atoms with E-state index in [4.69, 9.17) is 10.00 Å². The lowest BCUT2D eigenvalue weighted by Gasteiger charge is -2.14. The molecule has 2 aromatic rings. The predicted octanol–water partition coefficient (Wildman–Crippen LogP) is 3.15. The molecule has 1 N–H and O–H groups in total. The molecule has 110 valence electrons. The molecule has 4 nitrogen and oxygen atoms in total. The van der Waals surface area contributed by atoms with Crippen molar-refractivity contribution in [2.24, 2.45) is 0 Å². The second-order valence-corrected chi connectivity index (χ2v) is 5.86. The fourth-order valence-electron chi connectivity index (χ4n) is 2.20. The SMILES string of the molecule is CCCC(C#N)NS(=O)c1c(OC)ccc2ccccc12. The van der Waals surface area contributed by atoms with Crippen LogP contribution in [0.3, 0.4) is 0 Å². The van der Waals surface area contributed by atoms with E-state index in [-0.39, 0.29) is 0 Å². The summed E-state index contributed by atoms with van der Waals surface area (Å²) in [7, 11) is 0.0558. The molecule has 0 aliphatic rings. The van der Waals surface area contributed by atoms with E-state index in [1.54, 1.807) is 13.2 Å². The van der Waals surface area contributed by atoms with Crippen LogP contribution in [0.5, 0.6) is 5.75 Å². The quantitative estimate of drug-likeness (QED) is 0.891. The third kappa shape index (κ3) is 3.41. The van der Waals surface area contributed by atoms with E-state index >= 15 is 0 Å². The molecule has 2 atom stereocenters. The molecule has 0 fully saturated rings. The maximum Gasteiger partial charge on any atom is 0.137 e. The highest BCUT2D eigenvalue weighted by Crippen LogP contribution is 2.30. The van der Waals surface area contributed by atoms with Gasteiger partial charge in [0.2, 0.25) is 0 Å². The fraction of sp³-hybridized carbons (Fsp3) is 0.312. The first-order valence-electron chi connectivity index (χ1n) is 6.84. The highest BCUT2D eigenvalue weighted by molar-refractivity contribution is 7.83. The molecule has 0 heterocycles. The van der Waals surface area contributed by atoms with Crippen LogP contribution in [0.1, 0.15) is 19.8 Å². The molecular formula is C16H18N2O2S. The topological polar surface area (TPSA) is 62.1 Å². The number of hydrogen-bond acceptors (Lipinski definition) is 3. The van der Waals surface area contributed by atoms with Crippen molar-refractivity contribution in [2.75, 3.05) is 7.11 Å². The lowest BCUT2D eigenvalue weighted by atomic mass is 10.1. The summed E-state index contributed by atoms with van der Waals surface area (Å²) in [6.45, 7) is 1.99. The number of hydrogen-bond donors (Lipinski definition) is 1. The average Bonchev–Trinajstić information content (AvgIpc) is 2.53. The van der Waals surface area contributed by atoms with Crippen molar-refractivity contribution >= 4 is 21.8 Å². The van der Waals surface area contributed by atoms with Gasteiger partial charge in [-0.2, -0.15) is 5.26 Å². The highest BCUT2D eigenvalue weighted by Gasteiger charge is 2.18. The molecule has 0 bridgehead atoms. The average molecular weight is 302 g/mol. The van der Waals surface area contributed by atoms with Gasteiger partial charge in [0.25, 0.3) is 0 Å². The minimum atomic E-state index is -1.50. The number of benzene rings is 2. The van der Waals surface area contributed by atoms with Crippen LogP contribution >= 0.6 is 0 Å². The molecule has 0 aromatic heterocycles. The fourth-order valence-corrected chi connectivity index (χ4v) is 3.47. The maximum atomic E-state index is 12.7. The Morgan fingerprint density at radius 1 is 1.33 bits per heavy atom. The molecule has 2 rings (SSSR count). The first kappa shape index (κ1) is 15.5. The van der Waals surface area contributed by atoms with Crippen molar-refractivity contribution in [1.82, 2.24) is 4.72 Å². The molecule has 0 radical (unpaired) electrons. The Hall–Kier alpha value is -1.90. The van der Waals surface area contributed by atoms with Gasteiger partial charge in [-0.15, -0.1) is 0 Å². The van der Waals surface area contributed by atoms with E-state index in [2.05, 4.69) is 10.8 Å². The Balaban J connectivity index is 2.44. The van der Waals surface area contributed by atoms with Crippen molar-refractivity contribution in [3.05, 3.63) is 36.4 Å². The number of ether oxygens (including phenoxy) is 1. The van der Waals surface area contributed by atoms with Gasteiger partial charge in [-0.05, 0) is 17.9 Å². The number of nitrogens with one attached hydrogen (secondary N) is 1. The first-order chi connectivity index (χ1) is 10.2. The van der Waals surface area contributed by atoms with Crippen molar-refractivity contribution < 1.29 is 8.95 Å². The number of rotatable bonds is 6. The van der Waals surface area contributed by atoms with Crippen molar-refractivity contribution in [1.29, 1.82) is 5.26 Å². The van der Waals surface area contributed by atoms with E-state index in [0.717, 1.165) is 17.2 Å². The lowest BCUT2D eigenvalue weighted by molar-refractivity contribution is 0.405. The van der Waals surface area contributed by atoms with Crippen LogP contribution in [0, 0.1) is 11.3 Å². The summed E-state index contributed by atoms with van der Waals surface area (Å²) in [6.07, 6.45) is 1.52. The largest absolute Gasteiger partial charge is 0.495 e. The molecule has 21 heavy (non-hydrogen) atoms. The monoisotopic (exact) mass is 302 g/mol. The summed E-state index contributed by atoms with van der Waals surface area (Å²) in [5.41, 5.74) is 0. The van der Waals surface area contributed by atoms with Gasteiger partial charge in [0.15, 0.2) is 0 Å². The van der Waals surface area contributed by atoms with Gasteiger partial charge in [0, 0.05) is 5.39 Å². The summed E-state index contributed by atoms with van der Waals surface area (Å²) in [5, 5.41) is 11.0. The Kier molecular flexibility index (Phi) is 5.32. The van der Waals surface area contributed by atoms with Crippen molar-refractivity contribution in [3.63, 3.8) is 0 Å². The molecule has 0 aliphatic carbocycles. The zero-order valence-corrected chi connectivity index (χ0v) is 12.9. The summed E-state index contributed by atoms with van der Waals surface area (Å²) >= 11 is 0. The van der Waals surface area contributed by atoms with Gasteiger partial charge in [0.1, 0.15) is 27.7 Å². The summed E-state index contributed by atoms with van der Waals surface area (Å²) < 4.78 is 20.9. The lowest BCUT2D eigenvalue weighted by Crippen LogP contribution is -2.29. The number of nitrogens with zero attached hydrogens (tertiary/aromatic N) is 1. The Morgan fingerprint density at radius 3 is 2.76 bits per heavy atom. The molecule has 5 heteroatoms. The van der Waals surface area contributed by atoms with Gasteiger partial charge in [-0.1, -0.05) is 43.7 Å². The van der Waals surface area contributed by atoms with Gasteiger partial charge in [0.05, 0.1) is 13.2 Å². The molecule has 0 spiro atoms. The van der Waals surface area contributed by atoms with Crippen LogP contribution in [0.25, 0.3) is 10.8 Å². The maximum absolute atomic E-state index is 12.7. The van der Waals surface area contributed by atoms with Crippen LogP contribution < -0.4 is 9.46 Å². The molecule has 0 saturated carbocycles. The standard InChI is InChI=1S/C16H18N2O2S/c1-3-6-13(11-17)18-21(19)16-14-8-5-4-7-12(14)9-10-15(16)20-2/h4-5,7-10,13,18H,3,6H2,1-2H3.